The number of thiazole rings is 1. The van der Waals surface area contributed by atoms with Gasteiger partial charge in [0.25, 0.3) is 5.91 Å². The topological polar surface area (TPSA) is 189 Å². The van der Waals surface area contributed by atoms with Crippen LogP contribution in [0.2, 0.25) is 0 Å². The van der Waals surface area contributed by atoms with E-state index in [0.29, 0.717) is 67.9 Å². The molecule has 3 aromatic rings. The van der Waals surface area contributed by atoms with Gasteiger partial charge in [-0.2, -0.15) is 0 Å². The van der Waals surface area contributed by atoms with Gasteiger partial charge < -0.3 is 29.9 Å². The maximum atomic E-state index is 14.9. The Labute approximate surface area is 361 Å². The predicted octanol–water partition coefficient (Wildman–Crippen LogP) is 5.71. The highest BCUT2D eigenvalue weighted by Gasteiger charge is 2.62. The van der Waals surface area contributed by atoms with Crippen LogP contribution in [0, 0.1) is 12.8 Å². The Morgan fingerprint density at radius 3 is 2.51 bits per heavy atom. The molecule has 61 heavy (non-hydrogen) atoms. The summed E-state index contributed by atoms with van der Waals surface area (Å²) in [5.74, 6) is -0.810. The van der Waals surface area contributed by atoms with Gasteiger partial charge in [0.1, 0.15) is 45.9 Å². The number of rotatable bonds is 9. The first-order valence-electron chi connectivity index (χ1n) is 21.8. The average Bonchev–Trinajstić information content (AvgIpc) is 4.12. The van der Waals surface area contributed by atoms with Gasteiger partial charge in [0.2, 0.25) is 21.8 Å². The predicted molar refractivity (Wildman–Crippen MR) is 232 cm³/mol. The van der Waals surface area contributed by atoms with Crippen molar-refractivity contribution in [3.63, 3.8) is 0 Å². The van der Waals surface area contributed by atoms with Gasteiger partial charge in [-0.05, 0) is 82.8 Å². The number of hydrogen-bond acceptors (Lipinski definition) is 11. The number of methoxy groups -OCH3 is 1. The Hall–Kier alpha value is -4.77. The van der Waals surface area contributed by atoms with Gasteiger partial charge in [-0.25, -0.2) is 23.2 Å². The van der Waals surface area contributed by atoms with Crippen LogP contribution in [-0.4, -0.2) is 108 Å². The lowest BCUT2D eigenvalue weighted by Crippen LogP contribution is -2.59. The highest BCUT2D eigenvalue weighted by atomic mass is 32.2. The Morgan fingerprint density at radius 2 is 1.79 bits per heavy atom. The molecule has 0 bridgehead atoms. The number of amides is 5. The monoisotopic (exact) mass is 875 g/mol. The van der Waals surface area contributed by atoms with Gasteiger partial charge in [0.15, 0.2) is 0 Å². The molecule has 2 saturated heterocycles. The maximum Gasteiger partial charge on any atom is 0.318 e. The van der Waals surface area contributed by atoms with Crippen molar-refractivity contribution in [1.29, 1.82) is 0 Å². The van der Waals surface area contributed by atoms with Crippen molar-refractivity contribution in [3.8, 4) is 22.2 Å². The number of hydrogen-bond donors (Lipinski definition) is 3. The number of urea groups is 1. The number of carbonyl (C=O) groups excluding carboxylic acids is 4. The summed E-state index contributed by atoms with van der Waals surface area (Å²) in [6.07, 6.45) is 10.7. The van der Waals surface area contributed by atoms with Crippen molar-refractivity contribution >= 4 is 56.0 Å². The van der Waals surface area contributed by atoms with Crippen molar-refractivity contribution in [1.82, 2.24) is 35.1 Å². The lowest BCUT2D eigenvalue weighted by molar-refractivity contribution is -0.141. The zero-order chi connectivity index (χ0) is 43.1. The standard InChI is InChI=1S/C44H57N7O8S2/c1-26(2)34-25-60-40(46-34)33-22-37(31-17-18-36(58-4)27(3)38(31)45-33)59-29-21-35-39(52)48-44(42(54)49-61(56,57)30-15-16-30)23-28(44)13-9-6-5-7-10-14-32(41(53)51(35)24-29)47-43(55)50-19-11-8-12-20-50/h9,13,17-18,22,25-26,28-30,32,35H,5-8,10-12,14-16,19-21,23-24H2,1-4H3,(H,47,55)(H,48,52)(H,49,54)/b13-9-/t28?,29-,32+,35+,44-/m1/s1. The van der Waals surface area contributed by atoms with E-state index in [4.69, 9.17) is 19.4 Å². The van der Waals surface area contributed by atoms with Crippen molar-refractivity contribution in [2.75, 3.05) is 26.7 Å². The maximum absolute atomic E-state index is 14.9. The molecule has 5 heterocycles. The van der Waals surface area contributed by atoms with Crippen LogP contribution in [0.1, 0.15) is 108 Å². The van der Waals surface area contributed by atoms with E-state index in [1.807, 2.05) is 42.7 Å². The molecule has 2 saturated carbocycles. The Morgan fingerprint density at radius 1 is 1.02 bits per heavy atom. The number of pyridine rings is 1. The van der Waals surface area contributed by atoms with Crippen molar-refractivity contribution in [2.45, 2.75) is 133 Å². The molecule has 2 aliphatic carbocycles. The fourth-order valence-electron chi connectivity index (χ4n) is 8.84. The molecular formula is C44H57N7O8S2. The number of aryl methyl sites for hydroxylation is 1. The number of allylic oxidation sites excluding steroid dienone is 1. The summed E-state index contributed by atoms with van der Waals surface area (Å²) in [6.45, 7) is 7.34. The Bertz CT molecular complexity index is 2320. The molecule has 0 radical (unpaired) electrons. The number of piperidine rings is 1. The first-order valence-corrected chi connectivity index (χ1v) is 24.2. The molecule has 0 spiro atoms. The number of benzene rings is 1. The normalized spacial score (nSPS) is 26.7. The van der Waals surface area contributed by atoms with Crippen LogP contribution in [0.5, 0.6) is 11.5 Å². The fourth-order valence-corrected chi connectivity index (χ4v) is 11.1. The van der Waals surface area contributed by atoms with E-state index in [1.165, 1.54) is 16.2 Å². The molecule has 17 heteroatoms. The minimum absolute atomic E-state index is 0.0224. The fraction of sp³-hybridized carbons (Fsp3) is 0.591. The lowest BCUT2D eigenvalue weighted by Gasteiger charge is -2.32. The van der Waals surface area contributed by atoms with E-state index in [-0.39, 0.29) is 31.3 Å². The summed E-state index contributed by atoms with van der Waals surface area (Å²) < 4.78 is 40.7. The molecule has 15 nitrogen and oxygen atoms in total. The minimum Gasteiger partial charge on any atom is -0.496 e. The van der Waals surface area contributed by atoms with Gasteiger partial charge in [0, 0.05) is 47.8 Å². The highest BCUT2D eigenvalue weighted by Crippen LogP contribution is 2.46. The third-order valence-corrected chi connectivity index (χ3v) is 15.5. The van der Waals surface area contributed by atoms with Crippen LogP contribution < -0.4 is 24.8 Å². The van der Waals surface area contributed by atoms with Crippen molar-refractivity contribution in [3.05, 3.63) is 47.0 Å². The lowest BCUT2D eigenvalue weighted by atomic mass is 10.0. The molecule has 1 unspecified atom stereocenters. The summed E-state index contributed by atoms with van der Waals surface area (Å²) in [7, 11) is -2.30. The number of ether oxygens (including phenoxy) is 2. The van der Waals surface area contributed by atoms with Crippen LogP contribution in [0.15, 0.2) is 35.7 Å². The first kappa shape index (κ1) is 42.9. The number of sulfonamides is 1. The zero-order valence-electron chi connectivity index (χ0n) is 35.4. The summed E-state index contributed by atoms with van der Waals surface area (Å²) in [5, 5.41) is 8.82. The molecular weight excluding hydrogens is 819 g/mol. The van der Waals surface area contributed by atoms with Gasteiger partial charge in [-0.15, -0.1) is 11.3 Å². The molecule has 3 N–H and O–H groups in total. The van der Waals surface area contributed by atoms with Crippen LogP contribution in [0.25, 0.3) is 21.6 Å². The number of nitrogens with zero attached hydrogens (tertiary/aromatic N) is 4. The van der Waals surface area contributed by atoms with Gasteiger partial charge in [0.05, 0.1) is 30.1 Å². The Kier molecular flexibility index (Phi) is 12.3. The van der Waals surface area contributed by atoms with E-state index in [1.54, 1.807) is 12.0 Å². The number of aromatic nitrogens is 2. The quantitative estimate of drug-likeness (QED) is 0.225. The second-order valence-corrected chi connectivity index (χ2v) is 20.4. The number of carbonyl (C=O) groups is 4. The first-order chi connectivity index (χ1) is 29.3. The van der Waals surface area contributed by atoms with E-state index in [2.05, 4.69) is 29.2 Å². The largest absolute Gasteiger partial charge is 0.496 e. The molecule has 5 aliphatic rings. The van der Waals surface area contributed by atoms with E-state index in [0.717, 1.165) is 53.8 Å². The molecule has 8 rings (SSSR count). The zero-order valence-corrected chi connectivity index (χ0v) is 37.0. The smallest absolute Gasteiger partial charge is 0.318 e. The highest BCUT2D eigenvalue weighted by molar-refractivity contribution is 7.91. The number of likely N-dealkylation sites (tertiary alicyclic amines) is 1. The van der Waals surface area contributed by atoms with E-state index < -0.39 is 62.6 Å². The third kappa shape index (κ3) is 9.09. The summed E-state index contributed by atoms with van der Waals surface area (Å²) in [6, 6.07) is 3.29. The van der Waals surface area contributed by atoms with Gasteiger partial charge in [-0.1, -0.05) is 38.8 Å². The van der Waals surface area contributed by atoms with Crippen LogP contribution in [0.4, 0.5) is 4.79 Å². The molecule has 2 aromatic heterocycles. The minimum atomic E-state index is -3.90. The SMILES string of the molecule is COc1ccc2c(O[C@@H]3C[C@H]4C(=O)N[C@]5(C(=O)NS(=O)(=O)C6CC6)CC5/C=C\CCCCC[C@H](NC(=O)N5CCCCC5)C(=O)N4C3)cc(-c3nc(C(C)C)cs3)nc2c1C. The van der Waals surface area contributed by atoms with Gasteiger partial charge in [-0.3, -0.25) is 19.1 Å². The van der Waals surface area contributed by atoms with Crippen LogP contribution in [0.3, 0.4) is 0 Å². The Balaban J connectivity index is 1.14. The van der Waals surface area contributed by atoms with E-state index >= 15 is 0 Å². The third-order valence-electron chi connectivity index (χ3n) is 12.8. The van der Waals surface area contributed by atoms with Gasteiger partial charge >= 0.3 is 6.03 Å². The molecule has 3 aliphatic heterocycles. The second kappa shape index (κ2) is 17.5. The summed E-state index contributed by atoms with van der Waals surface area (Å²) >= 11 is 1.49. The molecule has 5 amide bonds. The molecule has 1 aromatic carbocycles. The number of nitrogens with one attached hydrogen (secondary N) is 3. The molecule has 5 atom stereocenters. The average molecular weight is 876 g/mol. The van der Waals surface area contributed by atoms with E-state index in [9.17, 15) is 27.6 Å². The summed E-state index contributed by atoms with van der Waals surface area (Å²) in [5.41, 5.74) is 1.54. The second-order valence-electron chi connectivity index (χ2n) is 17.6. The number of fused-ring (bicyclic) bond motifs is 3. The van der Waals surface area contributed by atoms with Crippen LogP contribution >= 0.6 is 11.3 Å². The summed E-state index contributed by atoms with van der Waals surface area (Å²) in [4.78, 5) is 70.2. The molecule has 4 fully saturated rings. The molecule has 328 valence electrons. The van der Waals surface area contributed by atoms with Crippen molar-refractivity contribution in [2.24, 2.45) is 5.92 Å². The van der Waals surface area contributed by atoms with Crippen LogP contribution in [-0.2, 0) is 24.4 Å². The van der Waals surface area contributed by atoms with Crippen molar-refractivity contribution < 1.29 is 37.1 Å².